The van der Waals surface area contributed by atoms with Gasteiger partial charge < -0.3 is 10.4 Å². The first-order chi connectivity index (χ1) is 8.75. The highest BCUT2D eigenvalue weighted by Gasteiger charge is 2.30. The van der Waals surface area contributed by atoms with Gasteiger partial charge in [-0.1, -0.05) is 0 Å². The number of aliphatic hydroxyl groups excluding tert-OH is 1. The van der Waals surface area contributed by atoms with Crippen LogP contribution in [-0.4, -0.2) is 17.1 Å². The minimum atomic E-state index is -4.45. The summed E-state index contributed by atoms with van der Waals surface area (Å²) in [5, 5.41) is 20.1. The van der Waals surface area contributed by atoms with Gasteiger partial charge in [0.15, 0.2) is 5.92 Å². The highest BCUT2D eigenvalue weighted by Crippen LogP contribution is 2.29. The number of carbonyl (C=O) groups is 1. The molecule has 19 heavy (non-hydrogen) atoms. The lowest BCUT2D eigenvalue weighted by molar-refractivity contribution is -0.137. The van der Waals surface area contributed by atoms with E-state index >= 15 is 0 Å². The number of nitriles is 1. The van der Waals surface area contributed by atoms with Crippen LogP contribution in [0, 0.1) is 17.2 Å². The molecule has 0 saturated heterocycles. The number of rotatable bonds is 3. The van der Waals surface area contributed by atoms with E-state index < -0.39 is 29.7 Å². The molecule has 7 heteroatoms. The van der Waals surface area contributed by atoms with Crippen LogP contribution in [0.3, 0.4) is 0 Å². The molecule has 0 radical (unpaired) electrons. The molecular formula is C12H11F3N2O2. The summed E-state index contributed by atoms with van der Waals surface area (Å²) in [5.74, 6) is -2.04. The van der Waals surface area contributed by atoms with Crippen molar-refractivity contribution in [2.24, 2.45) is 5.92 Å². The highest BCUT2D eigenvalue weighted by molar-refractivity contribution is 5.94. The van der Waals surface area contributed by atoms with Crippen LogP contribution in [0.25, 0.3) is 0 Å². The monoisotopic (exact) mass is 272 g/mol. The SMILES string of the molecule is C[C@@H](O)[C@@H](C#N)C(=O)Nc1ccc(C(F)(F)F)cc1. The van der Waals surface area contributed by atoms with Crippen molar-refractivity contribution < 1.29 is 23.1 Å². The van der Waals surface area contributed by atoms with Crippen LogP contribution >= 0.6 is 0 Å². The Balaban J connectivity index is 2.79. The molecule has 0 saturated carbocycles. The molecule has 2 atom stereocenters. The molecule has 0 bridgehead atoms. The predicted molar refractivity (Wildman–Crippen MR) is 60.9 cm³/mol. The second kappa shape index (κ2) is 5.71. The quantitative estimate of drug-likeness (QED) is 0.885. The van der Waals surface area contributed by atoms with E-state index in [1.165, 1.54) is 6.92 Å². The molecule has 1 aromatic carbocycles. The number of anilines is 1. The van der Waals surface area contributed by atoms with Gasteiger partial charge in [-0.15, -0.1) is 0 Å². The number of aliphatic hydroxyl groups is 1. The summed E-state index contributed by atoms with van der Waals surface area (Å²) in [5.41, 5.74) is -0.711. The average molecular weight is 272 g/mol. The number of hydrogen-bond donors (Lipinski definition) is 2. The Morgan fingerprint density at radius 2 is 1.89 bits per heavy atom. The van der Waals surface area contributed by atoms with Gasteiger partial charge in [-0.3, -0.25) is 4.79 Å². The molecule has 2 N–H and O–H groups in total. The van der Waals surface area contributed by atoms with E-state index in [0.29, 0.717) is 0 Å². The van der Waals surface area contributed by atoms with Gasteiger partial charge in [-0.05, 0) is 31.2 Å². The van der Waals surface area contributed by atoms with E-state index in [1.54, 1.807) is 6.07 Å². The molecule has 1 rings (SSSR count). The third-order valence-corrected chi connectivity index (χ3v) is 2.38. The molecule has 0 heterocycles. The summed E-state index contributed by atoms with van der Waals surface area (Å²) in [6.07, 6.45) is -5.61. The third kappa shape index (κ3) is 3.96. The fourth-order valence-electron chi connectivity index (χ4n) is 1.35. The van der Waals surface area contributed by atoms with E-state index in [2.05, 4.69) is 5.32 Å². The maximum atomic E-state index is 12.3. The van der Waals surface area contributed by atoms with Crippen LogP contribution in [0.2, 0.25) is 0 Å². The van der Waals surface area contributed by atoms with Crippen molar-refractivity contribution in [3.63, 3.8) is 0 Å². The standard InChI is InChI=1S/C12H11F3N2O2/c1-7(18)10(6-16)11(19)17-9-4-2-8(3-5-9)12(13,14)15/h2-5,7,10,18H,1H3,(H,17,19)/t7-,10-/m1/s1. The number of benzene rings is 1. The van der Waals surface area contributed by atoms with Crippen LogP contribution in [-0.2, 0) is 11.0 Å². The maximum Gasteiger partial charge on any atom is 0.416 e. The van der Waals surface area contributed by atoms with Gasteiger partial charge in [0.1, 0.15) is 0 Å². The fraction of sp³-hybridized carbons (Fsp3) is 0.333. The van der Waals surface area contributed by atoms with Gasteiger partial charge in [0.25, 0.3) is 0 Å². The van der Waals surface area contributed by atoms with Crippen molar-refractivity contribution in [2.75, 3.05) is 5.32 Å². The highest BCUT2D eigenvalue weighted by atomic mass is 19.4. The molecule has 102 valence electrons. The smallest absolute Gasteiger partial charge is 0.391 e. The predicted octanol–water partition coefficient (Wildman–Crippen LogP) is 2.16. The van der Waals surface area contributed by atoms with Crippen LogP contribution in [0.4, 0.5) is 18.9 Å². The molecule has 4 nitrogen and oxygen atoms in total. The summed E-state index contributed by atoms with van der Waals surface area (Å²) in [6, 6.07) is 5.41. The lowest BCUT2D eigenvalue weighted by atomic mass is 10.0. The first kappa shape index (κ1) is 15.0. The van der Waals surface area contributed by atoms with Crippen LogP contribution < -0.4 is 5.32 Å². The number of nitrogens with one attached hydrogen (secondary N) is 1. The van der Waals surface area contributed by atoms with Crippen LogP contribution in [0.1, 0.15) is 12.5 Å². The van der Waals surface area contributed by atoms with E-state index in [4.69, 9.17) is 5.26 Å². The van der Waals surface area contributed by atoms with Gasteiger partial charge in [-0.2, -0.15) is 18.4 Å². The second-order valence-electron chi connectivity index (χ2n) is 3.91. The lowest BCUT2D eigenvalue weighted by Crippen LogP contribution is -2.29. The van der Waals surface area contributed by atoms with Crippen molar-refractivity contribution in [1.82, 2.24) is 0 Å². The van der Waals surface area contributed by atoms with E-state index in [0.717, 1.165) is 24.3 Å². The minimum Gasteiger partial charge on any atom is -0.391 e. The van der Waals surface area contributed by atoms with Crippen molar-refractivity contribution in [2.45, 2.75) is 19.2 Å². The molecule has 0 unspecified atom stereocenters. The summed E-state index contributed by atoms with van der Waals surface area (Å²) in [6.45, 7) is 1.28. The number of nitrogens with zero attached hydrogens (tertiary/aromatic N) is 1. The lowest BCUT2D eigenvalue weighted by Gasteiger charge is -2.13. The Morgan fingerprint density at radius 1 is 1.37 bits per heavy atom. The van der Waals surface area contributed by atoms with E-state index in [-0.39, 0.29) is 5.69 Å². The van der Waals surface area contributed by atoms with Gasteiger partial charge in [0, 0.05) is 5.69 Å². The maximum absolute atomic E-state index is 12.3. The molecule has 0 aliphatic heterocycles. The number of amides is 1. The first-order valence-electron chi connectivity index (χ1n) is 5.31. The molecular weight excluding hydrogens is 261 g/mol. The normalized spacial score (nSPS) is 14.3. The van der Waals surface area contributed by atoms with Crippen LogP contribution in [0.5, 0.6) is 0 Å². The summed E-state index contributed by atoms with van der Waals surface area (Å²) < 4.78 is 36.9. The van der Waals surface area contributed by atoms with Crippen molar-refractivity contribution >= 4 is 11.6 Å². The average Bonchev–Trinajstić information content (AvgIpc) is 2.28. The van der Waals surface area contributed by atoms with Gasteiger partial charge in [0.05, 0.1) is 17.7 Å². The topological polar surface area (TPSA) is 73.1 Å². The largest absolute Gasteiger partial charge is 0.416 e. The Kier molecular flexibility index (Phi) is 4.51. The zero-order valence-electron chi connectivity index (χ0n) is 9.90. The minimum absolute atomic E-state index is 0.124. The summed E-state index contributed by atoms with van der Waals surface area (Å²) in [7, 11) is 0. The molecule has 1 aromatic rings. The Morgan fingerprint density at radius 3 is 2.26 bits per heavy atom. The number of hydrogen-bond acceptors (Lipinski definition) is 3. The Labute approximate surface area is 107 Å². The number of halogens is 3. The van der Waals surface area contributed by atoms with Crippen molar-refractivity contribution in [3.8, 4) is 6.07 Å². The van der Waals surface area contributed by atoms with E-state index in [9.17, 15) is 23.1 Å². The molecule has 0 fully saturated rings. The zero-order valence-corrected chi connectivity index (χ0v) is 9.90. The van der Waals surface area contributed by atoms with Gasteiger partial charge >= 0.3 is 6.18 Å². The Hall–Kier alpha value is -2.07. The number of alkyl halides is 3. The summed E-state index contributed by atoms with van der Waals surface area (Å²) in [4.78, 5) is 11.6. The van der Waals surface area contributed by atoms with Crippen LogP contribution in [0.15, 0.2) is 24.3 Å². The zero-order chi connectivity index (χ0) is 14.6. The number of carbonyl (C=O) groups excluding carboxylic acids is 1. The fourth-order valence-corrected chi connectivity index (χ4v) is 1.35. The van der Waals surface area contributed by atoms with Gasteiger partial charge in [0.2, 0.25) is 5.91 Å². The first-order valence-corrected chi connectivity index (χ1v) is 5.31. The summed E-state index contributed by atoms with van der Waals surface area (Å²) >= 11 is 0. The van der Waals surface area contributed by atoms with E-state index in [1.807, 2.05) is 0 Å². The molecule has 0 spiro atoms. The molecule has 0 aliphatic carbocycles. The van der Waals surface area contributed by atoms with Crippen molar-refractivity contribution in [3.05, 3.63) is 29.8 Å². The Bertz CT molecular complexity index is 489. The molecule has 0 aliphatic rings. The second-order valence-corrected chi connectivity index (χ2v) is 3.91. The molecule has 1 amide bonds. The third-order valence-electron chi connectivity index (χ3n) is 2.38. The van der Waals surface area contributed by atoms with Crippen molar-refractivity contribution in [1.29, 1.82) is 5.26 Å². The molecule has 0 aromatic heterocycles. The van der Waals surface area contributed by atoms with Gasteiger partial charge in [-0.25, -0.2) is 0 Å².